The first-order valence-electron chi connectivity index (χ1n) is 10.8. The van der Waals surface area contributed by atoms with Gasteiger partial charge in [0.15, 0.2) is 5.65 Å². The number of rotatable bonds is 7. The van der Waals surface area contributed by atoms with Gasteiger partial charge in [-0.3, -0.25) is 24.7 Å². The van der Waals surface area contributed by atoms with Crippen molar-refractivity contribution in [1.82, 2.24) is 19.6 Å². The van der Waals surface area contributed by atoms with Gasteiger partial charge in [-0.1, -0.05) is 26.0 Å². The molecule has 0 aliphatic rings. The van der Waals surface area contributed by atoms with Crippen molar-refractivity contribution in [2.24, 2.45) is 4.99 Å². The van der Waals surface area contributed by atoms with Gasteiger partial charge in [-0.25, -0.2) is 4.98 Å². The molecule has 9 heteroatoms. The molecule has 168 valence electrons. The molecule has 0 aliphatic carbocycles. The van der Waals surface area contributed by atoms with Crippen LogP contribution >= 0.6 is 0 Å². The summed E-state index contributed by atoms with van der Waals surface area (Å²) in [6, 6.07) is 12.6. The van der Waals surface area contributed by atoms with Crippen LogP contribution in [-0.2, 0) is 4.79 Å². The van der Waals surface area contributed by atoms with Crippen molar-refractivity contribution in [3.05, 3.63) is 59.0 Å². The van der Waals surface area contributed by atoms with E-state index in [2.05, 4.69) is 25.7 Å². The SMILES string of the molecule is CCC=Nc1ccc(-c2cc(=O)n3[nH]c(NC(=O)CC)c(-c4ccccn4)c3n2)cc1NC. The first-order chi connectivity index (χ1) is 16.0. The largest absolute Gasteiger partial charge is 0.386 e. The molecule has 0 atom stereocenters. The first-order valence-corrected chi connectivity index (χ1v) is 10.8. The van der Waals surface area contributed by atoms with Gasteiger partial charge in [-0.2, -0.15) is 4.52 Å². The average molecular weight is 444 g/mol. The third-order valence-electron chi connectivity index (χ3n) is 5.10. The van der Waals surface area contributed by atoms with E-state index >= 15 is 0 Å². The van der Waals surface area contributed by atoms with Crippen LogP contribution in [0.3, 0.4) is 0 Å². The highest BCUT2D eigenvalue weighted by molar-refractivity contribution is 5.97. The van der Waals surface area contributed by atoms with Gasteiger partial charge in [0, 0.05) is 37.5 Å². The summed E-state index contributed by atoms with van der Waals surface area (Å²) in [5.74, 6) is 0.191. The van der Waals surface area contributed by atoms with Gasteiger partial charge in [-0.15, -0.1) is 0 Å². The number of fused-ring (bicyclic) bond motifs is 1. The number of carbonyl (C=O) groups is 1. The Morgan fingerprint density at radius 1 is 1.18 bits per heavy atom. The Morgan fingerprint density at radius 3 is 2.73 bits per heavy atom. The van der Waals surface area contributed by atoms with Crippen molar-refractivity contribution >= 4 is 35.0 Å². The van der Waals surface area contributed by atoms with Gasteiger partial charge >= 0.3 is 0 Å². The number of hydrogen-bond acceptors (Lipinski definition) is 6. The fourth-order valence-corrected chi connectivity index (χ4v) is 3.45. The van der Waals surface area contributed by atoms with Gasteiger partial charge in [0.2, 0.25) is 5.91 Å². The first kappa shape index (κ1) is 21.9. The van der Waals surface area contributed by atoms with Crippen LogP contribution < -0.4 is 16.2 Å². The van der Waals surface area contributed by atoms with E-state index in [1.807, 2.05) is 50.5 Å². The van der Waals surface area contributed by atoms with E-state index in [-0.39, 0.29) is 11.5 Å². The lowest BCUT2D eigenvalue weighted by Crippen LogP contribution is -2.15. The van der Waals surface area contributed by atoms with Crippen molar-refractivity contribution in [2.45, 2.75) is 26.7 Å². The molecule has 3 N–H and O–H groups in total. The van der Waals surface area contributed by atoms with E-state index in [1.54, 1.807) is 19.2 Å². The molecule has 4 rings (SSSR count). The number of hydrogen-bond donors (Lipinski definition) is 3. The van der Waals surface area contributed by atoms with E-state index < -0.39 is 0 Å². The van der Waals surface area contributed by atoms with Crippen LogP contribution in [0.4, 0.5) is 17.2 Å². The van der Waals surface area contributed by atoms with Crippen LogP contribution in [0.15, 0.2) is 58.4 Å². The minimum atomic E-state index is -0.303. The maximum Gasteiger partial charge on any atom is 0.273 e. The highest BCUT2D eigenvalue weighted by atomic mass is 16.2. The molecule has 0 spiro atoms. The molecule has 0 unspecified atom stereocenters. The molecule has 3 heterocycles. The smallest absolute Gasteiger partial charge is 0.273 e. The Labute approximate surface area is 190 Å². The summed E-state index contributed by atoms with van der Waals surface area (Å²) in [7, 11) is 1.82. The molecule has 0 radical (unpaired) electrons. The Bertz CT molecular complexity index is 1390. The van der Waals surface area contributed by atoms with Crippen LogP contribution in [0.5, 0.6) is 0 Å². The lowest BCUT2D eigenvalue weighted by Gasteiger charge is -2.08. The minimum Gasteiger partial charge on any atom is -0.386 e. The summed E-state index contributed by atoms with van der Waals surface area (Å²) < 4.78 is 1.32. The zero-order valence-corrected chi connectivity index (χ0v) is 18.7. The van der Waals surface area contributed by atoms with Crippen molar-refractivity contribution < 1.29 is 4.79 Å². The van der Waals surface area contributed by atoms with E-state index in [0.29, 0.717) is 34.8 Å². The number of carbonyl (C=O) groups excluding carboxylic acids is 1. The van der Waals surface area contributed by atoms with Crippen molar-refractivity contribution in [3.63, 3.8) is 0 Å². The normalized spacial score (nSPS) is 11.2. The standard InChI is InChI=1S/C24H25N7O2/c1-4-11-26-16-10-9-15(13-19(16)25-3)18-14-21(33)31-24(28-18)22(17-8-6-7-12-27-17)23(30-31)29-20(32)5-2/h6-14,25,30H,4-5H2,1-3H3,(H,29,32). The van der Waals surface area contributed by atoms with Crippen molar-refractivity contribution in [2.75, 3.05) is 17.7 Å². The third kappa shape index (κ3) is 4.38. The quantitative estimate of drug-likeness (QED) is 0.369. The average Bonchev–Trinajstić information content (AvgIpc) is 3.21. The second-order valence-corrected chi connectivity index (χ2v) is 7.32. The maximum atomic E-state index is 13.0. The summed E-state index contributed by atoms with van der Waals surface area (Å²) in [5.41, 5.74) is 4.12. The van der Waals surface area contributed by atoms with Crippen LogP contribution in [0, 0.1) is 0 Å². The van der Waals surface area contributed by atoms with Gasteiger partial charge in [0.05, 0.1) is 28.3 Å². The number of nitrogens with one attached hydrogen (secondary N) is 3. The molecule has 0 fully saturated rings. The van der Waals surface area contributed by atoms with Crippen LogP contribution in [0.25, 0.3) is 28.2 Å². The number of anilines is 2. The van der Waals surface area contributed by atoms with Gasteiger partial charge in [-0.05, 0) is 30.7 Å². The minimum absolute atomic E-state index is 0.186. The number of pyridine rings is 1. The highest BCUT2D eigenvalue weighted by Gasteiger charge is 2.20. The molecule has 1 amide bonds. The summed E-state index contributed by atoms with van der Waals surface area (Å²) in [6.45, 7) is 3.78. The second kappa shape index (κ2) is 9.47. The van der Waals surface area contributed by atoms with Crippen LogP contribution in [0.2, 0.25) is 0 Å². The molecule has 1 aromatic carbocycles. The van der Waals surface area contributed by atoms with Crippen molar-refractivity contribution in [3.8, 4) is 22.5 Å². The lowest BCUT2D eigenvalue weighted by molar-refractivity contribution is -0.115. The second-order valence-electron chi connectivity index (χ2n) is 7.32. The highest BCUT2D eigenvalue weighted by Crippen LogP contribution is 2.32. The molecule has 9 nitrogen and oxygen atoms in total. The summed E-state index contributed by atoms with van der Waals surface area (Å²) >= 11 is 0. The fourth-order valence-electron chi connectivity index (χ4n) is 3.45. The number of aromatic amines is 1. The molecule has 0 bridgehead atoms. The molecule has 4 aromatic rings. The van der Waals surface area contributed by atoms with E-state index in [0.717, 1.165) is 23.4 Å². The van der Waals surface area contributed by atoms with E-state index in [4.69, 9.17) is 4.98 Å². The zero-order chi connectivity index (χ0) is 23.4. The molecular formula is C24H25N7O2. The number of H-pyrrole nitrogens is 1. The van der Waals surface area contributed by atoms with Crippen molar-refractivity contribution in [1.29, 1.82) is 0 Å². The third-order valence-corrected chi connectivity index (χ3v) is 5.10. The lowest BCUT2D eigenvalue weighted by atomic mass is 10.1. The summed E-state index contributed by atoms with van der Waals surface area (Å²) in [4.78, 5) is 38.8. The van der Waals surface area contributed by atoms with E-state index in [9.17, 15) is 9.59 Å². The zero-order valence-electron chi connectivity index (χ0n) is 18.7. The number of aliphatic imine (C=N–C) groups is 1. The summed E-state index contributed by atoms with van der Waals surface area (Å²) in [6.07, 6.45) is 4.63. The predicted molar refractivity (Wildman–Crippen MR) is 131 cm³/mol. The topological polar surface area (TPSA) is 117 Å². The predicted octanol–water partition coefficient (Wildman–Crippen LogP) is 4.25. The molecule has 0 saturated heterocycles. The van der Waals surface area contributed by atoms with Crippen LogP contribution in [-0.4, -0.2) is 38.8 Å². The van der Waals surface area contributed by atoms with Gasteiger partial charge < -0.3 is 10.6 Å². The molecule has 0 aliphatic heterocycles. The number of nitrogens with zero attached hydrogens (tertiary/aromatic N) is 4. The van der Waals surface area contributed by atoms with Gasteiger partial charge in [0.25, 0.3) is 5.56 Å². The molecular weight excluding hydrogens is 418 g/mol. The van der Waals surface area contributed by atoms with E-state index in [1.165, 1.54) is 10.6 Å². The Kier molecular flexibility index (Phi) is 6.30. The molecule has 33 heavy (non-hydrogen) atoms. The number of amides is 1. The molecule has 0 saturated carbocycles. The Morgan fingerprint density at radius 2 is 2.03 bits per heavy atom. The molecule has 3 aromatic heterocycles. The monoisotopic (exact) mass is 443 g/mol. The Balaban J connectivity index is 1.92. The van der Waals surface area contributed by atoms with Crippen LogP contribution in [0.1, 0.15) is 26.7 Å². The maximum absolute atomic E-state index is 13.0. The summed E-state index contributed by atoms with van der Waals surface area (Å²) in [5, 5.41) is 8.93. The fraction of sp³-hybridized carbons (Fsp3) is 0.208. The Hall–Kier alpha value is -4.27. The number of aromatic nitrogens is 4. The van der Waals surface area contributed by atoms with Gasteiger partial charge in [0.1, 0.15) is 5.82 Å². The number of benzene rings is 1.